The van der Waals surface area contributed by atoms with Gasteiger partial charge in [0.25, 0.3) is 0 Å². The largest absolute Gasteiger partial charge is 0.496 e. The molecule has 2 N–H and O–H groups in total. The smallest absolute Gasteiger partial charge is 0.131 e. The minimum absolute atomic E-state index is 0.148. The van der Waals surface area contributed by atoms with Crippen LogP contribution in [0.3, 0.4) is 0 Å². The molecule has 0 radical (unpaired) electrons. The molecule has 0 aromatic heterocycles. The van der Waals surface area contributed by atoms with Crippen LogP contribution in [-0.2, 0) is 0 Å². The van der Waals surface area contributed by atoms with E-state index in [1.807, 2.05) is 6.92 Å². The SMILES string of the molecule is COc1cccc(F)c1C(C)NCCC(C)O. The second-order valence-corrected chi connectivity index (χ2v) is 4.17. The normalized spacial score (nSPS) is 14.4. The number of hydrogen-bond acceptors (Lipinski definition) is 3. The molecule has 17 heavy (non-hydrogen) atoms. The van der Waals surface area contributed by atoms with Gasteiger partial charge in [-0.2, -0.15) is 0 Å². The lowest BCUT2D eigenvalue weighted by atomic mass is 10.1. The van der Waals surface area contributed by atoms with Crippen LogP contribution in [0.5, 0.6) is 5.75 Å². The highest BCUT2D eigenvalue weighted by Crippen LogP contribution is 2.27. The van der Waals surface area contributed by atoms with Crippen molar-refractivity contribution in [3.05, 3.63) is 29.6 Å². The zero-order valence-electron chi connectivity index (χ0n) is 10.5. The van der Waals surface area contributed by atoms with Crippen molar-refractivity contribution in [2.45, 2.75) is 32.4 Å². The standard InChI is InChI=1S/C13H20FNO2/c1-9(16)7-8-15-10(2)13-11(14)5-4-6-12(13)17-3/h4-6,9-10,15-16H,7-8H2,1-3H3. The number of nitrogens with one attached hydrogen (secondary N) is 1. The second kappa shape index (κ2) is 6.57. The summed E-state index contributed by atoms with van der Waals surface area (Å²) in [5.41, 5.74) is 0.528. The highest BCUT2D eigenvalue weighted by atomic mass is 19.1. The van der Waals surface area contributed by atoms with Gasteiger partial charge in [0.2, 0.25) is 0 Å². The molecule has 2 unspecified atom stereocenters. The number of methoxy groups -OCH3 is 1. The van der Waals surface area contributed by atoms with Gasteiger partial charge in [-0.3, -0.25) is 0 Å². The number of halogens is 1. The van der Waals surface area contributed by atoms with E-state index in [2.05, 4.69) is 5.32 Å². The average Bonchev–Trinajstić information content (AvgIpc) is 2.27. The maximum atomic E-state index is 13.7. The monoisotopic (exact) mass is 241 g/mol. The first-order chi connectivity index (χ1) is 8.06. The van der Waals surface area contributed by atoms with Crippen molar-refractivity contribution in [2.24, 2.45) is 0 Å². The fraction of sp³-hybridized carbons (Fsp3) is 0.538. The Hall–Kier alpha value is -1.13. The van der Waals surface area contributed by atoms with Gasteiger partial charge in [-0.15, -0.1) is 0 Å². The van der Waals surface area contributed by atoms with E-state index in [0.29, 0.717) is 24.3 Å². The summed E-state index contributed by atoms with van der Waals surface area (Å²) in [4.78, 5) is 0. The second-order valence-electron chi connectivity index (χ2n) is 4.17. The summed E-state index contributed by atoms with van der Waals surface area (Å²) in [5, 5.41) is 12.3. The van der Waals surface area contributed by atoms with Crippen LogP contribution in [0.4, 0.5) is 4.39 Å². The molecule has 4 heteroatoms. The predicted octanol–water partition coefficient (Wildman–Crippen LogP) is 2.26. The molecule has 1 aromatic carbocycles. The molecular weight excluding hydrogens is 221 g/mol. The Morgan fingerprint density at radius 1 is 1.41 bits per heavy atom. The van der Waals surface area contributed by atoms with Gasteiger partial charge in [-0.05, 0) is 38.9 Å². The molecule has 1 rings (SSSR count). The number of aliphatic hydroxyl groups excluding tert-OH is 1. The highest BCUT2D eigenvalue weighted by molar-refractivity contribution is 5.36. The van der Waals surface area contributed by atoms with Gasteiger partial charge in [0, 0.05) is 11.6 Å². The van der Waals surface area contributed by atoms with Crippen LogP contribution in [0.15, 0.2) is 18.2 Å². The number of ether oxygens (including phenoxy) is 1. The molecule has 0 saturated heterocycles. The van der Waals surface area contributed by atoms with Crippen molar-refractivity contribution in [2.75, 3.05) is 13.7 Å². The molecule has 3 nitrogen and oxygen atoms in total. The molecule has 2 atom stereocenters. The molecule has 0 bridgehead atoms. The van der Waals surface area contributed by atoms with Crippen molar-refractivity contribution in [3.8, 4) is 5.75 Å². The fourth-order valence-electron chi connectivity index (χ4n) is 1.73. The molecule has 0 saturated carbocycles. The maximum absolute atomic E-state index is 13.7. The quantitative estimate of drug-likeness (QED) is 0.802. The lowest BCUT2D eigenvalue weighted by Gasteiger charge is -2.18. The molecule has 0 heterocycles. The average molecular weight is 241 g/mol. The summed E-state index contributed by atoms with van der Waals surface area (Å²) in [6.07, 6.45) is 0.290. The molecule has 0 fully saturated rings. The summed E-state index contributed by atoms with van der Waals surface area (Å²) < 4.78 is 18.8. The molecule has 0 spiro atoms. The van der Waals surface area contributed by atoms with Crippen molar-refractivity contribution < 1.29 is 14.2 Å². The number of hydrogen-bond donors (Lipinski definition) is 2. The maximum Gasteiger partial charge on any atom is 0.131 e. The van der Waals surface area contributed by atoms with Gasteiger partial charge < -0.3 is 15.2 Å². The molecule has 0 amide bonds. The van der Waals surface area contributed by atoms with E-state index in [-0.39, 0.29) is 18.0 Å². The molecule has 0 aliphatic heterocycles. The minimum Gasteiger partial charge on any atom is -0.496 e. The van der Waals surface area contributed by atoms with E-state index in [9.17, 15) is 4.39 Å². The van der Waals surface area contributed by atoms with Gasteiger partial charge in [-0.25, -0.2) is 4.39 Å². The topological polar surface area (TPSA) is 41.5 Å². The molecular formula is C13H20FNO2. The number of aliphatic hydroxyl groups is 1. The van der Waals surface area contributed by atoms with E-state index in [0.717, 1.165) is 0 Å². The van der Waals surface area contributed by atoms with Gasteiger partial charge in [0.15, 0.2) is 0 Å². The van der Waals surface area contributed by atoms with Crippen LogP contribution in [0.2, 0.25) is 0 Å². The molecule has 0 aliphatic carbocycles. The van der Waals surface area contributed by atoms with Crippen LogP contribution in [0.25, 0.3) is 0 Å². The Morgan fingerprint density at radius 3 is 2.71 bits per heavy atom. The highest BCUT2D eigenvalue weighted by Gasteiger charge is 2.15. The summed E-state index contributed by atoms with van der Waals surface area (Å²) in [6.45, 7) is 4.25. The summed E-state index contributed by atoms with van der Waals surface area (Å²) in [7, 11) is 1.53. The third-order valence-corrected chi connectivity index (χ3v) is 2.68. The molecule has 96 valence electrons. The number of benzene rings is 1. The van der Waals surface area contributed by atoms with Gasteiger partial charge in [-0.1, -0.05) is 6.07 Å². The summed E-state index contributed by atoms with van der Waals surface area (Å²) >= 11 is 0. The Morgan fingerprint density at radius 2 is 2.12 bits per heavy atom. The van der Waals surface area contributed by atoms with Crippen molar-refractivity contribution >= 4 is 0 Å². The third kappa shape index (κ3) is 3.98. The minimum atomic E-state index is -0.350. The van der Waals surface area contributed by atoms with Crippen LogP contribution in [-0.4, -0.2) is 24.9 Å². The van der Waals surface area contributed by atoms with E-state index in [4.69, 9.17) is 9.84 Å². The molecule has 0 aliphatic rings. The lowest BCUT2D eigenvalue weighted by Crippen LogP contribution is -2.23. The van der Waals surface area contributed by atoms with E-state index < -0.39 is 0 Å². The fourth-order valence-corrected chi connectivity index (χ4v) is 1.73. The zero-order valence-corrected chi connectivity index (χ0v) is 10.5. The van der Waals surface area contributed by atoms with Crippen molar-refractivity contribution in [1.29, 1.82) is 0 Å². The van der Waals surface area contributed by atoms with Gasteiger partial charge in [0.05, 0.1) is 13.2 Å². The third-order valence-electron chi connectivity index (χ3n) is 2.68. The van der Waals surface area contributed by atoms with Gasteiger partial charge >= 0.3 is 0 Å². The van der Waals surface area contributed by atoms with Crippen LogP contribution >= 0.6 is 0 Å². The number of rotatable bonds is 6. The zero-order chi connectivity index (χ0) is 12.8. The van der Waals surface area contributed by atoms with Crippen LogP contribution in [0, 0.1) is 5.82 Å². The van der Waals surface area contributed by atoms with E-state index in [1.165, 1.54) is 13.2 Å². The Balaban J connectivity index is 2.70. The van der Waals surface area contributed by atoms with Crippen molar-refractivity contribution in [1.82, 2.24) is 5.32 Å². The van der Waals surface area contributed by atoms with Crippen molar-refractivity contribution in [3.63, 3.8) is 0 Å². The Labute approximate surface area is 102 Å². The Bertz CT molecular complexity index is 355. The first-order valence-electron chi connectivity index (χ1n) is 5.80. The summed E-state index contributed by atoms with van der Waals surface area (Å²) in [5.74, 6) is 0.267. The molecule has 1 aromatic rings. The van der Waals surface area contributed by atoms with E-state index in [1.54, 1.807) is 19.1 Å². The first-order valence-corrected chi connectivity index (χ1v) is 5.80. The van der Waals surface area contributed by atoms with Gasteiger partial charge in [0.1, 0.15) is 11.6 Å². The van der Waals surface area contributed by atoms with Crippen LogP contribution in [0.1, 0.15) is 31.9 Å². The lowest BCUT2D eigenvalue weighted by molar-refractivity contribution is 0.182. The predicted molar refractivity (Wildman–Crippen MR) is 65.7 cm³/mol. The van der Waals surface area contributed by atoms with E-state index >= 15 is 0 Å². The summed E-state index contributed by atoms with van der Waals surface area (Å²) in [6, 6.07) is 4.64. The Kier molecular flexibility index (Phi) is 5.38. The van der Waals surface area contributed by atoms with Crippen LogP contribution < -0.4 is 10.1 Å². The first kappa shape index (κ1) is 13.9.